The fraction of sp³-hybridized carbons (Fsp3) is 0.516. The molecule has 36 heavy (non-hydrogen) atoms. The van der Waals surface area contributed by atoms with Crippen LogP contribution < -0.4 is 5.32 Å². The normalized spacial score (nSPS) is 22.1. The van der Waals surface area contributed by atoms with Gasteiger partial charge < -0.3 is 10.2 Å². The van der Waals surface area contributed by atoms with E-state index in [4.69, 9.17) is 4.99 Å². The van der Waals surface area contributed by atoms with Gasteiger partial charge in [-0.05, 0) is 79.5 Å². The van der Waals surface area contributed by atoms with E-state index in [1.807, 2.05) is 54.3 Å². The average molecular weight is 488 g/mol. The van der Waals surface area contributed by atoms with Crippen molar-refractivity contribution in [2.24, 2.45) is 16.3 Å². The number of amides is 2. The Kier molecular flexibility index (Phi) is 7.97. The van der Waals surface area contributed by atoms with Crippen molar-refractivity contribution in [2.45, 2.75) is 84.8 Å². The number of nitrogens with one attached hydrogen (secondary N) is 1. The zero-order valence-electron chi connectivity index (χ0n) is 22.3. The highest BCUT2D eigenvalue weighted by Gasteiger charge is 2.49. The van der Waals surface area contributed by atoms with Gasteiger partial charge in [-0.1, -0.05) is 70.2 Å². The van der Waals surface area contributed by atoms with Gasteiger partial charge in [-0.3, -0.25) is 14.6 Å². The molecule has 1 heterocycles. The van der Waals surface area contributed by atoms with Crippen molar-refractivity contribution in [3.63, 3.8) is 0 Å². The number of carbonyl (C=O) groups excluding carboxylic acids is 2. The summed E-state index contributed by atoms with van der Waals surface area (Å²) in [6.45, 7) is 10.2. The van der Waals surface area contributed by atoms with Crippen LogP contribution in [0.15, 0.2) is 59.6 Å². The molecule has 1 fully saturated rings. The number of benzene rings is 2. The van der Waals surface area contributed by atoms with Crippen molar-refractivity contribution in [2.75, 3.05) is 6.54 Å². The molecule has 1 N–H and O–H groups in total. The van der Waals surface area contributed by atoms with E-state index in [-0.39, 0.29) is 17.2 Å². The van der Waals surface area contributed by atoms with Crippen molar-refractivity contribution >= 4 is 17.5 Å². The van der Waals surface area contributed by atoms with Crippen molar-refractivity contribution in [1.82, 2.24) is 10.2 Å². The number of rotatable bonds is 8. The predicted octanol–water partition coefficient (Wildman–Crippen LogP) is 6.18. The molecule has 0 atom stereocenters. The minimum Gasteiger partial charge on any atom is -0.352 e. The van der Waals surface area contributed by atoms with Crippen LogP contribution in [0.1, 0.15) is 87.7 Å². The van der Waals surface area contributed by atoms with E-state index in [1.54, 1.807) is 0 Å². The topological polar surface area (TPSA) is 61.8 Å². The van der Waals surface area contributed by atoms with Gasteiger partial charge in [-0.2, -0.15) is 0 Å². The number of nitrogens with zero attached hydrogens (tertiary/aromatic N) is 2. The van der Waals surface area contributed by atoms with Crippen LogP contribution >= 0.6 is 0 Å². The Balaban J connectivity index is 1.52. The number of aliphatic imine (C=N–C) groups is 1. The summed E-state index contributed by atoms with van der Waals surface area (Å²) in [6.07, 6.45) is 6.38. The maximum atomic E-state index is 13.7. The lowest BCUT2D eigenvalue weighted by molar-refractivity contribution is -0.130. The van der Waals surface area contributed by atoms with E-state index in [1.165, 1.54) is 5.56 Å². The summed E-state index contributed by atoms with van der Waals surface area (Å²) in [4.78, 5) is 33.2. The first-order chi connectivity index (χ1) is 17.2. The van der Waals surface area contributed by atoms with Gasteiger partial charge >= 0.3 is 0 Å². The second-order valence-electron chi connectivity index (χ2n) is 11.5. The SMILES string of the molecule is CCCNC(=O)c1ccc(CN2C(=O)C(CCc3ccccc3)=NC23CCC(C(C)(C)C)CC3)cc1. The van der Waals surface area contributed by atoms with Gasteiger partial charge in [0.05, 0.1) is 0 Å². The molecule has 5 nitrogen and oxygen atoms in total. The van der Waals surface area contributed by atoms with Crippen LogP contribution in [-0.4, -0.2) is 34.6 Å². The first-order valence-electron chi connectivity index (χ1n) is 13.5. The second-order valence-corrected chi connectivity index (χ2v) is 11.5. The summed E-state index contributed by atoms with van der Waals surface area (Å²) in [5, 5.41) is 2.92. The Labute approximate surface area is 216 Å². The largest absolute Gasteiger partial charge is 0.352 e. The van der Waals surface area contributed by atoms with E-state index >= 15 is 0 Å². The molecule has 0 aromatic heterocycles. The lowest BCUT2D eigenvalue weighted by Gasteiger charge is -2.45. The van der Waals surface area contributed by atoms with Crippen molar-refractivity contribution < 1.29 is 9.59 Å². The third kappa shape index (κ3) is 5.88. The molecular weight excluding hydrogens is 446 g/mol. The Morgan fingerprint density at radius 3 is 2.28 bits per heavy atom. The molecule has 1 aliphatic heterocycles. The molecule has 1 saturated carbocycles. The van der Waals surface area contributed by atoms with Gasteiger partial charge in [0, 0.05) is 18.7 Å². The highest BCUT2D eigenvalue weighted by molar-refractivity contribution is 6.40. The van der Waals surface area contributed by atoms with E-state index in [9.17, 15) is 9.59 Å². The molecule has 0 bridgehead atoms. The number of aryl methyl sites for hydroxylation is 1. The van der Waals surface area contributed by atoms with Gasteiger partial charge in [0.25, 0.3) is 11.8 Å². The fourth-order valence-corrected chi connectivity index (χ4v) is 5.61. The smallest absolute Gasteiger partial charge is 0.270 e. The van der Waals surface area contributed by atoms with Gasteiger partial charge in [-0.25, -0.2) is 0 Å². The van der Waals surface area contributed by atoms with E-state index in [2.05, 4.69) is 38.2 Å². The third-order valence-electron chi connectivity index (χ3n) is 7.93. The molecule has 4 rings (SSSR count). The molecule has 2 aromatic carbocycles. The molecule has 1 spiro atoms. The zero-order chi connectivity index (χ0) is 25.8. The molecule has 192 valence electrons. The fourth-order valence-electron chi connectivity index (χ4n) is 5.61. The molecule has 5 heteroatoms. The Morgan fingerprint density at radius 2 is 1.67 bits per heavy atom. The predicted molar refractivity (Wildman–Crippen MR) is 146 cm³/mol. The first kappa shape index (κ1) is 26.1. The Hall–Kier alpha value is -2.95. The standard InChI is InChI=1S/C31H41N3O2/c1-5-21-32-28(35)25-14-11-24(12-15-25)22-34-29(36)27(16-13-23-9-7-6-8-10-23)33-31(34)19-17-26(18-20-31)30(2,3)4/h6-12,14-15,26H,5,13,16-22H2,1-4H3,(H,32,35). The summed E-state index contributed by atoms with van der Waals surface area (Å²) in [6, 6.07) is 18.0. The highest BCUT2D eigenvalue weighted by atomic mass is 16.2. The molecule has 2 aliphatic rings. The van der Waals surface area contributed by atoms with Gasteiger partial charge in [0.15, 0.2) is 0 Å². The Bertz CT molecular complexity index is 1080. The van der Waals surface area contributed by atoms with Crippen LogP contribution in [0.5, 0.6) is 0 Å². The minimum absolute atomic E-state index is 0.0517. The maximum absolute atomic E-state index is 13.7. The summed E-state index contributed by atoms with van der Waals surface area (Å²) in [5.74, 6) is 0.665. The summed E-state index contributed by atoms with van der Waals surface area (Å²) in [5.41, 5.74) is 3.45. The molecule has 0 unspecified atom stereocenters. The van der Waals surface area contributed by atoms with Gasteiger partial charge in [0.1, 0.15) is 11.4 Å². The van der Waals surface area contributed by atoms with Gasteiger partial charge in [-0.15, -0.1) is 0 Å². The quantitative estimate of drug-likeness (QED) is 0.484. The molecule has 1 aliphatic carbocycles. The van der Waals surface area contributed by atoms with Crippen LogP contribution in [0.2, 0.25) is 0 Å². The molecule has 0 radical (unpaired) electrons. The highest BCUT2D eigenvalue weighted by Crippen LogP contribution is 2.46. The Morgan fingerprint density at radius 1 is 1.00 bits per heavy atom. The average Bonchev–Trinajstić information content (AvgIpc) is 3.12. The number of hydrogen-bond donors (Lipinski definition) is 1. The second kappa shape index (κ2) is 11.0. The lowest BCUT2D eigenvalue weighted by atomic mass is 9.69. The van der Waals surface area contributed by atoms with Crippen molar-refractivity contribution in [1.29, 1.82) is 0 Å². The van der Waals surface area contributed by atoms with Crippen LogP contribution in [0, 0.1) is 11.3 Å². The summed E-state index contributed by atoms with van der Waals surface area (Å²) >= 11 is 0. The van der Waals surface area contributed by atoms with Crippen LogP contribution in [0.25, 0.3) is 0 Å². The van der Waals surface area contributed by atoms with Crippen LogP contribution in [-0.2, 0) is 17.8 Å². The van der Waals surface area contributed by atoms with Crippen LogP contribution in [0.3, 0.4) is 0 Å². The van der Waals surface area contributed by atoms with E-state index in [0.717, 1.165) is 44.1 Å². The third-order valence-corrected chi connectivity index (χ3v) is 7.93. The monoisotopic (exact) mass is 487 g/mol. The lowest BCUT2D eigenvalue weighted by Crippen LogP contribution is -2.49. The summed E-state index contributed by atoms with van der Waals surface area (Å²) < 4.78 is 0. The van der Waals surface area contributed by atoms with Crippen molar-refractivity contribution in [3.05, 3.63) is 71.3 Å². The maximum Gasteiger partial charge on any atom is 0.270 e. The van der Waals surface area contributed by atoms with Crippen LogP contribution in [0.4, 0.5) is 0 Å². The van der Waals surface area contributed by atoms with Crippen molar-refractivity contribution in [3.8, 4) is 0 Å². The molecule has 0 saturated heterocycles. The zero-order valence-corrected chi connectivity index (χ0v) is 22.3. The van der Waals surface area contributed by atoms with E-state index in [0.29, 0.717) is 36.7 Å². The molecule has 2 aromatic rings. The summed E-state index contributed by atoms with van der Waals surface area (Å²) in [7, 11) is 0. The number of carbonyl (C=O) groups is 2. The first-order valence-corrected chi connectivity index (χ1v) is 13.5. The molecule has 2 amide bonds. The molecular formula is C31H41N3O2. The number of hydrogen-bond acceptors (Lipinski definition) is 3. The van der Waals surface area contributed by atoms with Gasteiger partial charge in [0.2, 0.25) is 0 Å². The minimum atomic E-state index is -0.442. The van der Waals surface area contributed by atoms with E-state index < -0.39 is 5.66 Å².